The molecule has 2 atom stereocenters. The van der Waals surface area contributed by atoms with Crippen LogP contribution in [0.15, 0.2) is 59.7 Å². The minimum atomic E-state index is -0.261. The molecule has 38 heavy (non-hydrogen) atoms. The van der Waals surface area contributed by atoms with E-state index in [0.29, 0.717) is 11.3 Å². The highest BCUT2D eigenvalue weighted by Gasteiger charge is 2.27. The lowest BCUT2D eigenvalue weighted by atomic mass is 9.93. The molecule has 1 aliphatic heterocycles. The molecule has 2 aromatic carbocycles. The number of methoxy groups -OCH3 is 1. The summed E-state index contributed by atoms with van der Waals surface area (Å²) in [7, 11) is 1.67. The van der Waals surface area contributed by atoms with Crippen molar-refractivity contribution >= 4 is 11.7 Å². The number of likely N-dealkylation sites (tertiary alicyclic amines) is 1. The van der Waals surface area contributed by atoms with Gasteiger partial charge in [0.1, 0.15) is 5.75 Å². The van der Waals surface area contributed by atoms with Crippen LogP contribution in [0, 0.1) is 12.8 Å². The van der Waals surface area contributed by atoms with Gasteiger partial charge in [-0.1, -0.05) is 31.2 Å². The Morgan fingerprint density at radius 2 is 1.92 bits per heavy atom. The molecular formula is C30H37N5O3. The van der Waals surface area contributed by atoms with Crippen LogP contribution in [0.25, 0.3) is 5.69 Å². The van der Waals surface area contributed by atoms with Crippen molar-refractivity contribution in [1.29, 1.82) is 0 Å². The van der Waals surface area contributed by atoms with Gasteiger partial charge in [-0.15, -0.1) is 0 Å². The van der Waals surface area contributed by atoms with Gasteiger partial charge in [-0.25, -0.2) is 4.98 Å². The number of carbonyl (C=O) groups is 1. The summed E-state index contributed by atoms with van der Waals surface area (Å²) in [5.41, 5.74) is 2.84. The van der Waals surface area contributed by atoms with Crippen molar-refractivity contribution in [1.82, 2.24) is 19.8 Å². The molecule has 200 valence electrons. The van der Waals surface area contributed by atoms with Crippen LogP contribution in [0.4, 0.5) is 5.82 Å². The van der Waals surface area contributed by atoms with E-state index in [4.69, 9.17) is 4.74 Å². The van der Waals surface area contributed by atoms with E-state index in [2.05, 4.69) is 27.4 Å². The molecule has 2 N–H and O–H groups in total. The van der Waals surface area contributed by atoms with Crippen molar-refractivity contribution in [2.24, 2.45) is 5.92 Å². The van der Waals surface area contributed by atoms with Gasteiger partial charge in [-0.05, 0) is 75.4 Å². The summed E-state index contributed by atoms with van der Waals surface area (Å²) >= 11 is 0. The van der Waals surface area contributed by atoms with Crippen molar-refractivity contribution < 1.29 is 9.53 Å². The highest BCUT2D eigenvalue weighted by Crippen LogP contribution is 2.33. The number of hydrogen-bond acceptors (Lipinski definition) is 6. The number of benzene rings is 2. The second-order valence-electron chi connectivity index (χ2n) is 10.5. The van der Waals surface area contributed by atoms with Crippen molar-refractivity contribution in [2.45, 2.75) is 51.6 Å². The van der Waals surface area contributed by atoms with Crippen LogP contribution < -0.4 is 20.9 Å². The molecule has 2 heterocycles. The smallest absolute Gasteiger partial charge is 0.297 e. The van der Waals surface area contributed by atoms with Gasteiger partial charge in [-0.2, -0.15) is 0 Å². The first kappa shape index (κ1) is 26.0. The Kier molecular flexibility index (Phi) is 7.79. The molecule has 0 unspecified atom stereocenters. The average Bonchev–Trinajstić information content (AvgIpc) is 3.59. The number of aromatic nitrogens is 2. The second-order valence-corrected chi connectivity index (χ2v) is 10.5. The monoisotopic (exact) mass is 515 g/mol. The van der Waals surface area contributed by atoms with Crippen molar-refractivity contribution in [3.63, 3.8) is 0 Å². The predicted octanol–water partition coefficient (Wildman–Crippen LogP) is 4.33. The molecule has 2 fully saturated rings. The normalized spacial score (nSPS) is 17.1. The van der Waals surface area contributed by atoms with Gasteiger partial charge >= 0.3 is 0 Å². The Morgan fingerprint density at radius 3 is 2.66 bits per heavy atom. The Morgan fingerprint density at radius 1 is 1.16 bits per heavy atom. The number of anilines is 1. The van der Waals surface area contributed by atoms with Gasteiger partial charge in [0.15, 0.2) is 5.82 Å². The SMILES string of the molecule is COc1ccccc1[C@H](Nc1nccn(-c2cc(C(=O)NC3CC3)ccc2C)c1=O)[C@H](C)CN1CCCC1. The summed E-state index contributed by atoms with van der Waals surface area (Å²) in [5.74, 6) is 1.13. The number of hydrogen-bond donors (Lipinski definition) is 2. The summed E-state index contributed by atoms with van der Waals surface area (Å²) in [6.07, 6.45) is 7.78. The topological polar surface area (TPSA) is 88.5 Å². The number of nitrogens with zero attached hydrogens (tertiary/aromatic N) is 3. The molecule has 2 aliphatic rings. The van der Waals surface area contributed by atoms with Crippen molar-refractivity contribution in [3.05, 3.63) is 81.9 Å². The summed E-state index contributed by atoms with van der Waals surface area (Å²) in [6, 6.07) is 13.5. The quantitative estimate of drug-likeness (QED) is 0.418. The van der Waals surface area contributed by atoms with E-state index in [-0.39, 0.29) is 35.3 Å². The van der Waals surface area contributed by atoms with E-state index >= 15 is 0 Å². The fraction of sp³-hybridized carbons (Fsp3) is 0.433. The fourth-order valence-corrected chi connectivity index (χ4v) is 5.28. The van der Waals surface area contributed by atoms with Crippen LogP contribution in [0.5, 0.6) is 5.75 Å². The zero-order chi connectivity index (χ0) is 26.6. The van der Waals surface area contributed by atoms with Gasteiger partial charge in [0.25, 0.3) is 11.5 Å². The zero-order valence-electron chi connectivity index (χ0n) is 22.4. The molecule has 3 aromatic rings. The van der Waals surface area contributed by atoms with Crippen LogP contribution >= 0.6 is 0 Å². The first-order chi connectivity index (χ1) is 18.4. The van der Waals surface area contributed by atoms with Crippen LogP contribution in [-0.2, 0) is 0 Å². The zero-order valence-corrected chi connectivity index (χ0v) is 22.4. The average molecular weight is 516 g/mol. The fourth-order valence-electron chi connectivity index (χ4n) is 5.28. The maximum Gasteiger partial charge on any atom is 0.297 e. The van der Waals surface area contributed by atoms with Gasteiger partial charge < -0.3 is 20.3 Å². The Hall–Kier alpha value is -3.65. The molecule has 1 aliphatic carbocycles. The van der Waals surface area contributed by atoms with E-state index in [1.54, 1.807) is 36.2 Å². The number of aryl methyl sites for hydroxylation is 1. The van der Waals surface area contributed by atoms with Crippen LogP contribution in [0.2, 0.25) is 0 Å². The van der Waals surface area contributed by atoms with E-state index in [9.17, 15) is 9.59 Å². The van der Waals surface area contributed by atoms with Gasteiger partial charge in [0.05, 0.1) is 18.8 Å². The maximum absolute atomic E-state index is 13.8. The molecule has 1 saturated carbocycles. The molecule has 5 rings (SSSR count). The molecule has 1 aromatic heterocycles. The summed E-state index contributed by atoms with van der Waals surface area (Å²) in [5, 5.41) is 6.51. The number of carbonyl (C=O) groups excluding carboxylic acids is 1. The van der Waals surface area contributed by atoms with E-state index in [1.807, 2.05) is 37.3 Å². The first-order valence-corrected chi connectivity index (χ1v) is 13.6. The van der Waals surface area contributed by atoms with Gasteiger partial charge in [0.2, 0.25) is 0 Å². The summed E-state index contributed by atoms with van der Waals surface area (Å²) in [4.78, 5) is 33.4. The first-order valence-electron chi connectivity index (χ1n) is 13.6. The number of nitrogens with one attached hydrogen (secondary N) is 2. The maximum atomic E-state index is 13.8. The third kappa shape index (κ3) is 5.75. The molecule has 1 amide bonds. The lowest BCUT2D eigenvalue weighted by molar-refractivity contribution is 0.0951. The Labute approximate surface area is 224 Å². The summed E-state index contributed by atoms with van der Waals surface area (Å²) in [6.45, 7) is 7.25. The molecular weight excluding hydrogens is 478 g/mol. The molecule has 8 heteroatoms. The molecule has 0 spiro atoms. The van der Waals surface area contributed by atoms with Crippen LogP contribution in [0.3, 0.4) is 0 Å². The van der Waals surface area contributed by atoms with Gasteiger partial charge in [0, 0.05) is 36.1 Å². The van der Waals surface area contributed by atoms with E-state index in [0.717, 1.165) is 49.4 Å². The molecule has 0 radical (unpaired) electrons. The lowest BCUT2D eigenvalue weighted by Crippen LogP contribution is -2.33. The highest BCUT2D eigenvalue weighted by molar-refractivity contribution is 5.95. The Balaban J connectivity index is 1.48. The van der Waals surface area contributed by atoms with Crippen LogP contribution in [-0.4, -0.2) is 53.1 Å². The second kappa shape index (κ2) is 11.4. The van der Waals surface area contributed by atoms with E-state index < -0.39 is 0 Å². The van der Waals surface area contributed by atoms with Crippen molar-refractivity contribution in [3.8, 4) is 11.4 Å². The molecule has 1 saturated heterocycles. The third-order valence-electron chi connectivity index (χ3n) is 7.56. The number of para-hydroxylation sites is 1. The predicted molar refractivity (Wildman–Crippen MR) is 149 cm³/mol. The minimum absolute atomic E-state index is 0.110. The highest BCUT2D eigenvalue weighted by atomic mass is 16.5. The number of ether oxygens (including phenoxy) is 1. The molecule has 8 nitrogen and oxygen atoms in total. The number of rotatable bonds is 10. The Bertz CT molecular complexity index is 1340. The molecule has 0 bridgehead atoms. The minimum Gasteiger partial charge on any atom is -0.496 e. The van der Waals surface area contributed by atoms with Gasteiger partial charge in [-0.3, -0.25) is 14.2 Å². The van der Waals surface area contributed by atoms with Crippen LogP contribution in [0.1, 0.15) is 60.1 Å². The standard InChI is InChI=1S/C30H37N5O3/c1-20-10-11-22(29(36)32-23-12-13-23)18-25(20)35-17-14-31-28(30(35)37)33-27(21(2)19-34-15-6-7-16-34)24-8-4-5-9-26(24)38-3/h4-5,8-11,14,17-18,21,23,27H,6-7,12-13,15-16,19H2,1-3H3,(H,31,33)(H,32,36)/t21-,27-/m1/s1. The number of amides is 1. The summed E-state index contributed by atoms with van der Waals surface area (Å²) < 4.78 is 7.27. The largest absolute Gasteiger partial charge is 0.496 e. The van der Waals surface area contributed by atoms with E-state index in [1.165, 1.54) is 12.8 Å². The third-order valence-corrected chi connectivity index (χ3v) is 7.56. The van der Waals surface area contributed by atoms with Crippen molar-refractivity contribution in [2.75, 3.05) is 32.1 Å². The lowest BCUT2D eigenvalue weighted by Gasteiger charge is -2.30.